The van der Waals surface area contributed by atoms with E-state index in [0.717, 1.165) is 30.5 Å². The molecule has 0 aliphatic carbocycles. The number of sulfonamides is 1. The number of carbonyl (C=O) groups is 1. The number of aryl methyl sites for hydroxylation is 2. The van der Waals surface area contributed by atoms with Crippen molar-refractivity contribution in [2.24, 2.45) is 0 Å². The summed E-state index contributed by atoms with van der Waals surface area (Å²) in [5.74, 6) is -0.610. The number of carbonyl (C=O) groups excluding carboxylic acids is 1. The molecular weight excluding hydrogens is 455 g/mol. The molecule has 0 saturated heterocycles. The molecule has 1 aromatic carbocycles. The lowest BCUT2D eigenvalue weighted by Crippen LogP contribution is -2.18. The van der Waals surface area contributed by atoms with Gasteiger partial charge in [-0.2, -0.15) is 13.2 Å². The molecule has 0 radical (unpaired) electrons. The molecule has 1 N–H and O–H groups in total. The van der Waals surface area contributed by atoms with E-state index in [-0.39, 0.29) is 22.0 Å². The van der Waals surface area contributed by atoms with E-state index < -0.39 is 32.4 Å². The molecule has 0 aliphatic rings. The monoisotopic (exact) mass is 469 g/mol. The molecular formula is C20H15ClF3N3O3S. The fourth-order valence-electron chi connectivity index (χ4n) is 2.90. The Morgan fingerprint density at radius 2 is 1.81 bits per heavy atom. The molecule has 0 unspecified atom stereocenters. The molecule has 2 aromatic heterocycles. The van der Waals surface area contributed by atoms with E-state index >= 15 is 0 Å². The van der Waals surface area contributed by atoms with Gasteiger partial charge in [-0.05, 0) is 49.7 Å². The van der Waals surface area contributed by atoms with Crippen LogP contribution in [0.2, 0.25) is 5.02 Å². The molecule has 11 heteroatoms. The standard InChI is InChI=1S/C20H15ClF3N3O3S/c1-11-6-7-25-12(2)17(11)19(28)18-16(9-14(21)10-26-18)27-31(29,30)15-5-3-4-13(8-15)20(22,23)24/h3-10,27H,1-2H3. The van der Waals surface area contributed by atoms with Gasteiger partial charge in [0.05, 0.1) is 21.2 Å². The smallest absolute Gasteiger partial charge is 0.287 e. The van der Waals surface area contributed by atoms with Gasteiger partial charge in [-0.1, -0.05) is 17.7 Å². The molecule has 0 amide bonds. The summed E-state index contributed by atoms with van der Waals surface area (Å²) in [6.45, 7) is 3.30. The molecule has 162 valence electrons. The molecule has 0 fully saturated rings. The summed E-state index contributed by atoms with van der Waals surface area (Å²) in [6.07, 6.45) is -2.04. The number of nitrogens with one attached hydrogen (secondary N) is 1. The number of halogens is 4. The van der Waals surface area contributed by atoms with Crippen molar-refractivity contribution in [3.05, 3.63) is 81.9 Å². The zero-order valence-corrected chi connectivity index (χ0v) is 17.7. The fraction of sp³-hybridized carbons (Fsp3) is 0.150. The van der Waals surface area contributed by atoms with Crippen molar-refractivity contribution in [2.45, 2.75) is 24.9 Å². The van der Waals surface area contributed by atoms with Crippen LogP contribution in [0.25, 0.3) is 0 Å². The van der Waals surface area contributed by atoms with Crippen LogP contribution in [0.5, 0.6) is 0 Å². The van der Waals surface area contributed by atoms with E-state index in [9.17, 15) is 26.4 Å². The maximum atomic E-state index is 13.1. The Kier molecular flexibility index (Phi) is 6.06. The molecule has 6 nitrogen and oxygen atoms in total. The normalized spacial score (nSPS) is 11.9. The van der Waals surface area contributed by atoms with E-state index in [0.29, 0.717) is 17.3 Å². The number of ketones is 1. The van der Waals surface area contributed by atoms with Gasteiger partial charge in [-0.3, -0.25) is 14.5 Å². The summed E-state index contributed by atoms with van der Waals surface area (Å²) in [7, 11) is -4.49. The van der Waals surface area contributed by atoms with Crippen LogP contribution in [0.3, 0.4) is 0 Å². The van der Waals surface area contributed by atoms with Crippen molar-refractivity contribution < 1.29 is 26.4 Å². The Morgan fingerprint density at radius 3 is 2.45 bits per heavy atom. The number of nitrogens with zero attached hydrogens (tertiary/aromatic N) is 2. The summed E-state index contributed by atoms with van der Waals surface area (Å²) in [5.41, 5.74) is -0.416. The summed E-state index contributed by atoms with van der Waals surface area (Å²) >= 11 is 5.92. The second-order valence-corrected chi connectivity index (χ2v) is 8.72. The van der Waals surface area contributed by atoms with Gasteiger partial charge >= 0.3 is 6.18 Å². The highest BCUT2D eigenvalue weighted by atomic mass is 35.5. The molecule has 0 bridgehead atoms. The van der Waals surface area contributed by atoms with Gasteiger partial charge in [0.1, 0.15) is 5.69 Å². The maximum Gasteiger partial charge on any atom is 0.416 e. The number of alkyl halides is 3. The molecule has 2 heterocycles. The van der Waals surface area contributed by atoms with E-state index in [1.54, 1.807) is 19.9 Å². The van der Waals surface area contributed by atoms with Crippen molar-refractivity contribution in [3.63, 3.8) is 0 Å². The van der Waals surface area contributed by atoms with Crippen LogP contribution in [-0.4, -0.2) is 24.2 Å². The van der Waals surface area contributed by atoms with Gasteiger partial charge in [-0.25, -0.2) is 13.4 Å². The Hall–Kier alpha value is -2.98. The Morgan fingerprint density at radius 1 is 1.10 bits per heavy atom. The molecule has 31 heavy (non-hydrogen) atoms. The predicted octanol–water partition coefficient (Wildman–Crippen LogP) is 4.80. The largest absolute Gasteiger partial charge is 0.416 e. The lowest BCUT2D eigenvalue weighted by molar-refractivity contribution is -0.137. The molecule has 0 spiro atoms. The van der Waals surface area contributed by atoms with Crippen LogP contribution in [0.15, 0.2) is 53.7 Å². The van der Waals surface area contributed by atoms with Crippen molar-refractivity contribution in [1.29, 1.82) is 0 Å². The van der Waals surface area contributed by atoms with Crippen molar-refractivity contribution in [2.75, 3.05) is 4.72 Å². The van der Waals surface area contributed by atoms with E-state index in [2.05, 4.69) is 14.7 Å². The zero-order valence-electron chi connectivity index (χ0n) is 16.2. The van der Waals surface area contributed by atoms with E-state index in [4.69, 9.17) is 11.6 Å². The summed E-state index contributed by atoms with van der Waals surface area (Å²) in [4.78, 5) is 20.5. The highest BCUT2D eigenvalue weighted by Gasteiger charge is 2.32. The summed E-state index contributed by atoms with van der Waals surface area (Å²) < 4.78 is 66.6. The highest BCUT2D eigenvalue weighted by Crippen LogP contribution is 2.31. The number of pyridine rings is 2. The quantitative estimate of drug-likeness (QED) is 0.542. The number of hydrogen-bond donors (Lipinski definition) is 1. The van der Waals surface area contributed by atoms with Gasteiger partial charge < -0.3 is 0 Å². The van der Waals surface area contributed by atoms with Crippen molar-refractivity contribution >= 4 is 33.1 Å². The lowest BCUT2D eigenvalue weighted by atomic mass is 10.0. The molecule has 0 atom stereocenters. The minimum Gasteiger partial charge on any atom is -0.287 e. The topological polar surface area (TPSA) is 89.0 Å². The molecule has 3 rings (SSSR count). The number of rotatable bonds is 5. The predicted molar refractivity (Wildman–Crippen MR) is 109 cm³/mol. The highest BCUT2D eigenvalue weighted by molar-refractivity contribution is 7.92. The van der Waals surface area contributed by atoms with Gasteiger partial charge in [0.15, 0.2) is 0 Å². The Balaban J connectivity index is 2.07. The molecule has 0 aliphatic heterocycles. The van der Waals surface area contributed by atoms with Crippen LogP contribution < -0.4 is 4.72 Å². The summed E-state index contributed by atoms with van der Waals surface area (Å²) in [5, 5.41) is 0.0259. The van der Waals surface area contributed by atoms with E-state index in [1.165, 1.54) is 6.20 Å². The molecule has 0 saturated carbocycles. The zero-order chi connectivity index (χ0) is 23.0. The minimum atomic E-state index is -4.72. The average Bonchev–Trinajstić information content (AvgIpc) is 2.67. The summed E-state index contributed by atoms with van der Waals surface area (Å²) in [6, 6.07) is 6.01. The van der Waals surface area contributed by atoms with Gasteiger partial charge in [0, 0.05) is 23.7 Å². The number of aromatic nitrogens is 2. The third-order valence-electron chi connectivity index (χ3n) is 4.36. The van der Waals surface area contributed by atoms with Gasteiger partial charge in [-0.15, -0.1) is 0 Å². The van der Waals surface area contributed by atoms with Crippen LogP contribution in [0.1, 0.15) is 32.9 Å². The first-order valence-electron chi connectivity index (χ1n) is 8.72. The number of hydrogen-bond acceptors (Lipinski definition) is 5. The van der Waals surface area contributed by atoms with Crippen LogP contribution in [-0.2, 0) is 16.2 Å². The van der Waals surface area contributed by atoms with Crippen molar-refractivity contribution in [3.8, 4) is 0 Å². The van der Waals surface area contributed by atoms with Crippen LogP contribution in [0.4, 0.5) is 18.9 Å². The first-order valence-corrected chi connectivity index (χ1v) is 10.6. The maximum absolute atomic E-state index is 13.1. The second-order valence-electron chi connectivity index (χ2n) is 6.60. The Labute approximate surface area is 181 Å². The first-order chi connectivity index (χ1) is 14.4. The number of benzene rings is 1. The van der Waals surface area contributed by atoms with Crippen LogP contribution >= 0.6 is 11.6 Å². The molecule has 3 aromatic rings. The SMILES string of the molecule is Cc1ccnc(C)c1C(=O)c1ncc(Cl)cc1NS(=O)(=O)c1cccc(C(F)(F)F)c1. The lowest BCUT2D eigenvalue weighted by Gasteiger charge is -2.14. The van der Waals surface area contributed by atoms with Crippen molar-refractivity contribution in [1.82, 2.24) is 9.97 Å². The fourth-order valence-corrected chi connectivity index (χ4v) is 4.16. The first kappa shape index (κ1) is 22.7. The van der Waals surface area contributed by atoms with Gasteiger partial charge in [0.25, 0.3) is 10.0 Å². The van der Waals surface area contributed by atoms with Gasteiger partial charge in [0.2, 0.25) is 5.78 Å². The minimum absolute atomic E-state index is 0.0259. The van der Waals surface area contributed by atoms with Crippen LogP contribution in [0, 0.1) is 13.8 Å². The Bertz CT molecular complexity index is 1260. The average molecular weight is 470 g/mol. The number of anilines is 1. The third-order valence-corrected chi connectivity index (χ3v) is 5.93. The third kappa shape index (κ3) is 4.86. The van der Waals surface area contributed by atoms with E-state index in [1.807, 2.05) is 0 Å². The second kappa shape index (κ2) is 8.27.